The average Bonchev–Trinajstić information content (AvgIpc) is 2.83. The summed E-state index contributed by atoms with van der Waals surface area (Å²) >= 11 is 0. The van der Waals surface area contributed by atoms with Crippen LogP contribution in [0.1, 0.15) is 12.8 Å². The van der Waals surface area contributed by atoms with E-state index in [0.29, 0.717) is 18.4 Å². The molecule has 19 heavy (non-hydrogen) atoms. The van der Waals surface area contributed by atoms with Gasteiger partial charge in [0.15, 0.2) is 11.6 Å². The Morgan fingerprint density at radius 1 is 1.32 bits per heavy atom. The molecule has 0 amide bonds. The lowest BCUT2D eigenvalue weighted by Gasteiger charge is -2.24. The van der Waals surface area contributed by atoms with Gasteiger partial charge >= 0.3 is 0 Å². The van der Waals surface area contributed by atoms with Gasteiger partial charge in [0.05, 0.1) is 0 Å². The number of hydrogen-bond acceptors (Lipinski definition) is 3. The fourth-order valence-electron chi connectivity index (χ4n) is 3.17. The highest BCUT2D eigenvalue weighted by atomic mass is 19.1. The number of nitrogens with zero attached hydrogens (tertiary/aromatic N) is 1. The molecule has 0 aromatic heterocycles. The summed E-state index contributed by atoms with van der Waals surface area (Å²) in [7, 11) is 0. The topological polar surface area (TPSA) is 24.5 Å². The second-order valence-electron chi connectivity index (χ2n) is 5.50. The summed E-state index contributed by atoms with van der Waals surface area (Å²) in [5.74, 6) is 0.874. The van der Waals surface area contributed by atoms with Crippen molar-refractivity contribution >= 4 is 0 Å². The van der Waals surface area contributed by atoms with Crippen LogP contribution in [-0.4, -0.2) is 43.7 Å². The fraction of sp³-hybridized carbons (Fsp3) is 0.600. The third-order valence-electron chi connectivity index (χ3n) is 4.18. The molecule has 0 bridgehead atoms. The smallest absolute Gasteiger partial charge is 0.165 e. The summed E-state index contributed by atoms with van der Waals surface area (Å²) in [5, 5.41) is 3.59. The summed E-state index contributed by atoms with van der Waals surface area (Å²) in [6.45, 7) is 4.84. The molecule has 0 aliphatic carbocycles. The van der Waals surface area contributed by atoms with E-state index in [1.807, 2.05) is 0 Å². The van der Waals surface area contributed by atoms with Crippen LogP contribution < -0.4 is 10.1 Å². The molecule has 2 unspecified atom stereocenters. The first kappa shape index (κ1) is 12.9. The van der Waals surface area contributed by atoms with Gasteiger partial charge in [0.25, 0.3) is 0 Å². The summed E-state index contributed by atoms with van der Waals surface area (Å²) in [5.41, 5.74) is 0. The molecule has 2 atom stereocenters. The molecular formula is C15H21FN2O. The van der Waals surface area contributed by atoms with Crippen molar-refractivity contribution in [3.8, 4) is 5.75 Å². The number of rotatable bonds is 4. The van der Waals surface area contributed by atoms with Crippen molar-refractivity contribution < 1.29 is 9.13 Å². The third-order valence-corrected chi connectivity index (χ3v) is 4.18. The van der Waals surface area contributed by atoms with Crippen molar-refractivity contribution in [3.63, 3.8) is 0 Å². The number of halogens is 1. The van der Waals surface area contributed by atoms with Crippen molar-refractivity contribution in [1.82, 2.24) is 10.2 Å². The number of para-hydroxylation sites is 1. The molecule has 104 valence electrons. The predicted octanol–water partition coefficient (Wildman–Crippen LogP) is 1.89. The number of piperidine rings is 1. The van der Waals surface area contributed by atoms with Gasteiger partial charge in [0, 0.05) is 25.7 Å². The SMILES string of the molecule is Fc1ccccc1OCCN1CC2CCCNC2C1. The van der Waals surface area contributed by atoms with E-state index in [0.717, 1.165) is 32.1 Å². The number of ether oxygens (including phenoxy) is 1. The van der Waals surface area contributed by atoms with Crippen LogP contribution in [0.2, 0.25) is 0 Å². The summed E-state index contributed by atoms with van der Waals surface area (Å²) in [6, 6.07) is 7.25. The second-order valence-corrected chi connectivity index (χ2v) is 5.50. The van der Waals surface area contributed by atoms with Crippen LogP contribution in [0.3, 0.4) is 0 Å². The van der Waals surface area contributed by atoms with Crippen LogP contribution in [0.25, 0.3) is 0 Å². The Bertz CT molecular complexity index is 412. The molecule has 1 N–H and O–H groups in total. The molecule has 0 radical (unpaired) electrons. The second kappa shape index (κ2) is 5.88. The normalized spacial score (nSPS) is 27.2. The van der Waals surface area contributed by atoms with Gasteiger partial charge < -0.3 is 10.1 Å². The zero-order valence-electron chi connectivity index (χ0n) is 11.1. The van der Waals surface area contributed by atoms with E-state index >= 15 is 0 Å². The number of likely N-dealkylation sites (tertiary alicyclic amines) is 1. The largest absolute Gasteiger partial charge is 0.489 e. The Morgan fingerprint density at radius 3 is 3.05 bits per heavy atom. The van der Waals surface area contributed by atoms with Gasteiger partial charge in [-0.3, -0.25) is 4.90 Å². The Kier molecular flexibility index (Phi) is 3.99. The van der Waals surface area contributed by atoms with Crippen LogP contribution in [0.4, 0.5) is 4.39 Å². The maximum atomic E-state index is 13.4. The summed E-state index contributed by atoms with van der Waals surface area (Å²) < 4.78 is 18.9. The van der Waals surface area contributed by atoms with Gasteiger partial charge in [-0.25, -0.2) is 4.39 Å². The van der Waals surface area contributed by atoms with E-state index in [1.165, 1.54) is 18.9 Å². The Morgan fingerprint density at radius 2 is 2.21 bits per heavy atom. The summed E-state index contributed by atoms with van der Waals surface area (Å²) in [4.78, 5) is 2.43. The zero-order chi connectivity index (χ0) is 13.1. The lowest BCUT2D eigenvalue weighted by Crippen LogP contribution is -2.40. The molecule has 0 spiro atoms. The standard InChI is InChI=1S/C15H21FN2O/c16-13-5-1-2-6-15(13)19-9-8-18-10-12-4-3-7-17-14(12)11-18/h1-2,5-6,12,14,17H,3-4,7-11H2. The maximum Gasteiger partial charge on any atom is 0.165 e. The number of benzene rings is 1. The van der Waals surface area contributed by atoms with E-state index in [-0.39, 0.29) is 5.82 Å². The molecule has 3 nitrogen and oxygen atoms in total. The first-order valence-corrected chi connectivity index (χ1v) is 7.16. The highest BCUT2D eigenvalue weighted by Gasteiger charge is 2.33. The average molecular weight is 264 g/mol. The van der Waals surface area contributed by atoms with Gasteiger partial charge in [0.2, 0.25) is 0 Å². The van der Waals surface area contributed by atoms with Crippen molar-refractivity contribution in [2.75, 3.05) is 32.8 Å². The Balaban J connectivity index is 1.45. The first-order valence-electron chi connectivity index (χ1n) is 7.16. The van der Waals surface area contributed by atoms with Gasteiger partial charge in [-0.15, -0.1) is 0 Å². The van der Waals surface area contributed by atoms with Gasteiger partial charge in [-0.05, 0) is 37.4 Å². The molecule has 1 aromatic rings. The quantitative estimate of drug-likeness (QED) is 0.899. The van der Waals surface area contributed by atoms with Crippen molar-refractivity contribution in [2.45, 2.75) is 18.9 Å². The van der Waals surface area contributed by atoms with Crippen LogP contribution >= 0.6 is 0 Å². The highest BCUT2D eigenvalue weighted by molar-refractivity contribution is 5.23. The Labute approximate surface area is 113 Å². The lowest BCUT2D eigenvalue weighted by atomic mass is 9.94. The van der Waals surface area contributed by atoms with Crippen LogP contribution in [0, 0.1) is 11.7 Å². The van der Waals surface area contributed by atoms with Crippen molar-refractivity contribution in [3.05, 3.63) is 30.1 Å². The molecule has 2 aliphatic heterocycles. The highest BCUT2D eigenvalue weighted by Crippen LogP contribution is 2.24. The first-order chi connectivity index (χ1) is 9.33. The molecule has 2 heterocycles. The minimum atomic E-state index is -0.278. The fourth-order valence-corrected chi connectivity index (χ4v) is 3.17. The molecule has 4 heteroatoms. The maximum absolute atomic E-state index is 13.4. The number of fused-ring (bicyclic) bond motifs is 1. The van der Waals surface area contributed by atoms with E-state index in [1.54, 1.807) is 18.2 Å². The molecule has 0 saturated carbocycles. The minimum absolute atomic E-state index is 0.278. The van der Waals surface area contributed by atoms with Crippen LogP contribution in [0.15, 0.2) is 24.3 Å². The summed E-state index contributed by atoms with van der Waals surface area (Å²) in [6.07, 6.45) is 2.63. The Hall–Kier alpha value is -1.13. The molecule has 1 aromatic carbocycles. The van der Waals surface area contributed by atoms with Crippen LogP contribution in [0.5, 0.6) is 5.75 Å². The van der Waals surface area contributed by atoms with E-state index in [4.69, 9.17) is 4.74 Å². The molecule has 2 saturated heterocycles. The minimum Gasteiger partial charge on any atom is -0.489 e. The molecular weight excluding hydrogens is 243 g/mol. The van der Waals surface area contributed by atoms with E-state index < -0.39 is 0 Å². The number of nitrogens with one attached hydrogen (secondary N) is 1. The molecule has 2 fully saturated rings. The monoisotopic (exact) mass is 264 g/mol. The van der Waals surface area contributed by atoms with Crippen LogP contribution in [-0.2, 0) is 0 Å². The van der Waals surface area contributed by atoms with Gasteiger partial charge in [-0.2, -0.15) is 0 Å². The lowest BCUT2D eigenvalue weighted by molar-refractivity contribution is 0.226. The van der Waals surface area contributed by atoms with E-state index in [9.17, 15) is 4.39 Å². The van der Waals surface area contributed by atoms with E-state index in [2.05, 4.69) is 10.2 Å². The van der Waals surface area contributed by atoms with Gasteiger partial charge in [-0.1, -0.05) is 12.1 Å². The van der Waals surface area contributed by atoms with Gasteiger partial charge in [0.1, 0.15) is 6.61 Å². The number of hydrogen-bond donors (Lipinski definition) is 1. The van der Waals surface area contributed by atoms with Crippen molar-refractivity contribution in [1.29, 1.82) is 0 Å². The zero-order valence-corrected chi connectivity index (χ0v) is 11.1. The third kappa shape index (κ3) is 3.07. The molecule has 3 rings (SSSR count). The van der Waals surface area contributed by atoms with Crippen molar-refractivity contribution in [2.24, 2.45) is 5.92 Å². The predicted molar refractivity (Wildman–Crippen MR) is 72.8 cm³/mol. The molecule has 2 aliphatic rings.